The Hall–Kier alpha value is -1.09. The first-order valence-corrected chi connectivity index (χ1v) is 5.70. The lowest BCUT2D eigenvalue weighted by atomic mass is 9.84. The van der Waals surface area contributed by atoms with Gasteiger partial charge < -0.3 is 10.1 Å². The van der Waals surface area contributed by atoms with Crippen molar-refractivity contribution >= 4 is 0 Å². The van der Waals surface area contributed by atoms with Crippen LogP contribution in [-0.2, 0) is 0 Å². The average Bonchev–Trinajstić information content (AvgIpc) is 2.28. The average molecular weight is 223 g/mol. The van der Waals surface area contributed by atoms with E-state index >= 15 is 0 Å². The number of para-hydroxylation sites is 1. The minimum Gasteiger partial charge on any atom is -0.496 e. The molecule has 0 saturated carbocycles. The summed E-state index contributed by atoms with van der Waals surface area (Å²) in [6.07, 6.45) is 1.49. The molecule has 2 rings (SSSR count). The standard InChI is InChI=1S/C13H18FNO/c1-13(14)8-5-9-15-12(13)10-6-3-4-7-11(10)16-2/h3-4,6-7,12,15H,5,8-9H2,1-2H3. The van der Waals surface area contributed by atoms with Crippen LogP contribution in [0.2, 0.25) is 0 Å². The van der Waals surface area contributed by atoms with E-state index in [0.717, 1.165) is 24.3 Å². The van der Waals surface area contributed by atoms with Gasteiger partial charge in [0, 0.05) is 5.56 Å². The highest BCUT2D eigenvalue weighted by Gasteiger charge is 2.38. The first-order valence-electron chi connectivity index (χ1n) is 5.70. The summed E-state index contributed by atoms with van der Waals surface area (Å²) in [7, 11) is 1.62. The van der Waals surface area contributed by atoms with Crippen molar-refractivity contribution < 1.29 is 9.13 Å². The fourth-order valence-corrected chi connectivity index (χ4v) is 2.38. The summed E-state index contributed by atoms with van der Waals surface area (Å²) in [5, 5.41) is 3.25. The van der Waals surface area contributed by atoms with Gasteiger partial charge in [-0.3, -0.25) is 0 Å². The number of halogens is 1. The molecule has 2 unspecified atom stereocenters. The SMILES string of the molecule is COc1ccccc1C1NCCCC1(C)F. The van der Waals surface area contributed by atoms with Crippen LogP contribution in [0.15, 0.2) is 24.3 Å². The Labute approximate surface area is 95.8 Å². The molecule has 16 heavy (non-hydrogen) atoms. The second-order valence-corrected chi connectivity index (χ2v) is 4.51. The van der Waals surface area contributed by atoms with E-state index in [9.17, 15) is 4.39 Å². The summed E-state index contributed by atoms with van der Waals surface area (Å²) in [4.78, 5) is 0. The fourth-order valence-electron chi connectivity index (χ4n) is 2.38. The molecule has 88 valence electrons. The molecular formula is C13H18FNO. The maximum Gasteiger partial charge on any atom is 0.127 e. The summed E-state index contributed by atoms with van der Waals surface area (Å²) >= 11 is 0. The first-order chi connectivity index (χ1) is 7.65. The molecular weight excluding hydrogens is 205 g/mol. The van der Waals surface area contributed by atoms with Gasteiger partial charge in [-0.15, -0.1) is 0 Å². The molecule has 1 N–H and O–H groups in total. The van der Waals surface area contributed by atoms with Crippen molar-refractivity contribution in [2.75, 3.05) is 13.7 Å². The van der Waals surface area contributed by atoms with Crippen molar-refractivity contribution in [3.63, 3.8) is 0 Å². The molecule has 0 aliphatic carbocycles. The lowest BCUT2D eigenvalue weighted by molar-refractivity contribution is 0.0869. The molecule has 0 spiro atoms. The number of rotatable bonds is 2. The number of methoxy groups -OCH3 is 1. The van der Waals surface area contributed by atoms with E-state index in [-0.39, 0.29) is 6.04 Å². The molecule has 0 bridgehead atoms. The van der Waals surface area contributed by atoms with Gasteiger partial charge in [-0.05, 0) is 32.4 Å². The van der Waals surface area contributed by atoms with Crippen molar-refractivity contribution in [2.45, 2.75) is 31.5 Å². The van der Waals surface area contributed by atoms with E-state index in [4.69, 9.17) is 4.74 Å². The fraction of sp³-hybridized carbons (Fsp3) is 0.538. The lowest BCUT2D eigenvalue weighted by Crippen LogP contribution is -2.43. The summed E-state index contributed by atoms with van der Waals surface area (Å²) in [6.45, 7) is 2.53. The van der Waals surface area contributed by atoms with Crippen LogP contribution in [0.4, 0.5) is 4.39 Å². The molecule has 1 fully saturated rings. The minimum absolute atomic E-state index is 0.266. The largest absolute Gasteiger partial charge is 0.496 e. The number of benzene rings is 1. The molecule has 1 aromatic rings. The topological polar surface area (TPSA) is 21.3 Å². The molecule has 1 aliphatic rings. The van der Waals surface area contributed by atoms with Crippen LogP contribution in [0, 0.1) is 0 Å². The Kier molecular flexibility index (Phi) is 3.15. The Morgan fingerprint density at radius 3 is 2.88 bits per heavy atom. The summed E-state index contributed by atoms with van der Waals surface area (Å²) < 4.78 is 19.7. The predicted octanol–water partition coefficient (Wildman–Crippen LogP) is 2.85. The van der Waals surface area contributed by atoms with E-state index in [1.165, 1.54) is 0 Å². The van der Waals surface area contributed by atoms with E-state index < -0.39 is 5.67 Å². The third-order valence-electron chi connectivity index (χ3n) is 3.24. The molecule has 1 aliphatic heterocycles. The number of nitrogens with one attached hydrogen (secondary N) is 1. The van der Waals surface area contributed by atoms with Crippen LogP contribution in [-0.4, -0.2) is 19.3 Å². The first kappa shape index (κ1) is 11.4. The van der Waals surface area contributed by atoms with Crippen molar-refractivity contribution in [1.29, 1.82) is 0 Å². The number of ether oxygens (including phenoxy) is 1. The quantitative estimate of drug-likeness (QED) is 0.832. The molecule has 2 atom stereocenters. The van der Waals surface area contributed by atoms with Gasteiger partial charge in [-0.25, -0.2) is 4.39 Å². The summed E-state index contributed by atoms with van der Waals surface area (Å²) in [5.74, 6) is 0.755. The molecule has 0 amide bonds. The molecule has 3 heteroatoms. The van der Waals surface area contributed by atoms with Crippen molar-refractivity contribution in [3.8, 4) is 5.75 Å². The third-order valence-corrected chi connectivity index (χ3v) is 3.24. The van der Waals surface area contributed by atoms with Crippen LogP contribution in [0.5, 0.6) is 5.75 Å². The molecule has 0 aromatic heterocycles. The molecule has 2 nitrogen and oxygen atoms in total. The molecule has 1 saturated heterocycles. The van der Waals surface area contributed by atoms with Gasteiger partial charge in [0.1, 0.15) is 11.4 Å². The summed E-state index contributed by atoms with van der Waals surface area (Å²) in [5.41, 5.74) is -0.290. The zero-order valence-corrected chi connectivity index (χ0v) is 9.79. The highest BCUT2D eigenvalue weighted by molar-refractivity contribution is 5.37. The molecule has 1 heterocycles. The number of hydrogen-bond donors (Lipinski definition) is 1. The van der Waals surface area contributed by atoms with Crippen molar-refractivity contribution in [2.24, 2.45) is 0 Å². The predicted molar refractivity (Wildman–Crippen MR) is 62.5 cm³/mol. The minimum atomic E-state index is -1.20. The van der Waals surface area contributed by atoms with Gasteiger partial charge >= 0.3 is 0 Å². The van der Waals surface area contributed by atoms with Crippen LogP contribution < -0.4 is 10.1 Å². The third kappa shape index (κ3) is 2.05. The van der Waals surface area contributed by atoms with Crippen LogP contribution in [0.1, 0.15) is 31.4 Å². The van der Waals surface area contributed by atoms with Crippen LogP contribution >= 0.6 is 0 Å². The second-order valence-electron chi connectivity index (χ2n) is 4.51. The maximum absolute atomic E-state index is 14.4. The van der Waals surface area contributed by atoms with Crippen LogP contribution in [0.3, 0.4) is 0 Å². The maximum atomic E-state index is 14.4. The van der Waals surface area contributed by atoms with Crippen LogP contribution in [0.25, 0.3) is 0 Å². The Balaban J connectivity index is 2.34. The van der Waals surface area contributed by atoms with Gasteiger partial charge in [0.05, 0.1) is 13.2 Å². The Bertz CT molecular complexity index is 365. The number of alkyl halides is 1. The normalized spacial score (nSPS) is 30.1. The smallest absolute Gasteiger partial charge is 0.127 e. The van der Waals surface area contributed by atoms with E-state index in [0.29, 0.717) is 6.42 Å². The number of piperidine rings is 1. The Morgan fingerprint density at radius 1 is 1.44 bits per heavy atom. The zero-order chi connectivity index (χ0) is 11.6. The monoisotopic (exact) mass is 223 g/mol. The zero-order valence-electron chi connectivity index (χ0n) is 9.79. The molecule has 1 aromatic carbocycles. The Morgan fingerprint density at radius 2 is 2.19 bits per heavy atom. The van der Waals surface area contributed by atoms with E-state index in [1.807, 2.05) is 24.3 Å². The number of hydrogen-bond acceptors (Lipinski definition) is 2. The van der Waals surface area contributed by atoms with Gasteiger partial charge in [0.2, 0.25) is 0 Å². The van der Waals surface area contributed by atoms with Gasteiger partial charge in [-0.1, -0.05) is 18.2 Å². The summed E-state index contributed by atoms with van der Waals surface area (Å²) in [6, 6.07) is 7.36. The van der Waals surface area contributed by atoms with E-state index in [2.05, 4.69) is 5.32 Å². The second kappa shape index (κ2) is 4.42. The van der Waals surface area contributed by atoms with Gasteiger partial charge in [0.25, 0.3) is 0 Å². The highest BCUT2D eigenvalue weighted by Crippen LogP contribution is 2.39. The van der Waals surface area contributed by atoms with Gasteiger partial charge in [0.15, 0.2) is 0 Å². The highest BCUT2D eigenvalue weighted by atomic mass is 19.1. The lowest BCUT2D eigenvalue weighted by Gasteiger charge is -2.36. The van der Waals surface area contributed by atoms with Crippen molar-refractivity contribution in [1.82, 2.24) is 5.32 Å². The van der Waals surface area contributed by atoms with Crippen molar-refractivity contribution in [3.05, 3.63) is 29.8 Å². The van der Waals surface area contributed by atoms with E-state index in [1.54, 1.807) is 14.0 Å². The molecule has 0 radical (unpaired) electrons. The van der Waals surface area contributed by atoms with Gasteiger partial charge in [-0.2, -0.15) is 0 Å².